The second kappa shape index (κ2) is 9.18. The lowest BCUT2D eigenvalue weighted by Crippen LogP contribution is -2.07. The normalized spacial score (nSPS) is 11.3. The number of anilines is 2. The summed E-state index contributed by atoms with van der Waals surface area (Å²) in [5.41, 5.74) is 16.0. The molecule has 0 radical (unpaired) electrons. The highest BCUT2D eigenvalue weighted by atomic mass is 16.5. The number of nitrogen functional groups attached to an aromatic ring is 2. The zero-order valence-electron chi connectivity index (χ0n) is 17.6. The van der Waals surface area contributed by atoms with E-state index >= 15 is 0 Å². The lowest BCUT2D eigenvalue weighted by Gasteiger charge is -2.14. The Kier molecular flexibility index (Phi) is 6.41. The molecule has 3 rings (SSSR count). The number of hydrogen-bond acceptors (Lipinski definition) is 6. The lowest BCUT2D eigenvalue weighted by atomic mass is 9.94. The van der Waals surface area contributed by atoms with Crippen LogP contribution in [0, 0.1) is 11.8 Å². The van der Waals surface area contributed by atoms with E-state index in [0.29, 0.717) is 23.4 Å². The van der Waals surface area contributed by atoms with Crippen molar-refractivity contribution in [3.05, 3.63) is 64.8 Å². The first-order valence-corrected chi connectivity index (χ1v) is 9.79. The minimum absolute atomic E-state index is 0.135. The van der Waals surface area contributed by atoms with Crippen molar-refractivity contribution in [3.63, 3.8) is 0 Å². The number of carbonyl (C=O) groups is 1. The van der Waals surface area contributed by atoms with E-state index in [-0.39, 0.29) is 23.2 Å². The summed E-state index contributed by atoms with van der Waals surface area (Å²) in [4.78, 5) is 19.3. The quantitative estimate of drug-likeness (QED) is 0.541. The molecular weight excluding hydrogens is 392 g/mol. The standard InChI is InChI=1S/C24H24N4O3/c1-4-20-18(22(25)28-24(26)27-20)11-5-14(2)19-13-17(10-12-21(19)31-3)15-6-8-16(9-7-15)23(29)30/h6-10,12-14H,4H2,1-3H3,(H,29,30)(H4,25,26,27,28)/t14-/m1/s1. The van der Waals surface area contributed by atoms with E-state index in [1.165, 1.54) is 0 Å². The first-order valence-electron chi connectivity index (χ1n) is 9.79. The fourth-order valence-electron chi connectivity index (χ4n) is 3.25. The number of aryl methyl sites for hydroxylation is 1. The van der Waals surface area contributed by atoms with Gasteiger partial charge in [-0.2, -0.15) is 4.98 Å². The van der Waals surface area contributed by atoms with Crippen molar-refractivity contribution in [1.29, 1.82) is 0 Å². The molecule has 1 atom stereocenters. The molecule has 7 nitrogen and oxygen atoms in total. The monoisotopic (exact) mass is 416 g/mol. The molecule has 3 aromatic rings. The molecule has 0 saturated carbocycles. The van der Waals surface area contributed by atoms with Crippen LogP contribution in [0.5, 0.6) is 5.75 Å². The number of benzene rings is 2. The van der Waals surface area contributed by atoms with Gasteiger partial charge in [-0.05, 0) is 48.7 Å². The summed E-state index contributed by atoms with van der Waals surface area (Å²) in [6, 6.07) is 12.5. The number of carboxylic acid groups (broad SMARTS) is 1. The van der Waals surface area contributed by atoms with Crippen LogP contribution in [0.2, 0.25) is 0 Å². The zero-order chi connectivity index (χ0) is 22.5. The van der Waals surface area contributed by atoms with Crippen LogP contribution in [0.4, 0.5) is 11.8 Å². The first kappa shape index (κ1) is 21.7. The number of rotatable bonds is 5. The summed E-state index contributed by atoms with van der Waals surface area (Å²) in [5.74, 6) is 6.32. The number of ether oxygens (including phenoxy) is 1. The van der Waals surface area contributed by atoms with Gasteiger partial charge in [0.25, 0.3) is 0 Å². The third-order valence-electron chi connectivity index (χ3n) is 4.94. The Bertz CT molecular complexity index is 1180. The highest BCUT2D eigenvalue weighted by Gasteiger charge is 2.13. The molecule has 0 aliphatic carbocycles. The average Bonchev–Trinajstić information content (AvgIpc) is 2.77. The van der Waals surface area contributed by atoms with Gasteiger partial charge in [-0.1, -0.05) is 37.0 Å². The molecule has 0 spiro atoms. The van der Waals surface area contributed by atoms with Crippen molar-refractivity contribution in [2.75, 3.05) is 18.6 Å². The second-order valence-electron chi connectivity index (χ2n) is 6.97. The zero-order valence-corrected chi connectivity index (χ0v) is 17.6. The molecule has 31 heavy (non-hydrogen) atoms. The molecule has 1 aromatic heterocycles. The van der Waals surface area contributed by atoms with Crippen molar-refractivity contribution >= 4 is 17.7 Å². The van der Waals surface area contributed by atoms with E-state index < -0.39 is 5.97 Å². The maximum Gasteiger partial charge on any atom is 0.335 e. The van der Waals surface area contributed by atoms with Crippen LogP contribution in [-0.2, 0) is 6.42 Å². The molecule has 5 N–H and O–H groups in total. The van der Waals surface area contributed by atoms with E-state index in [1.54, 1.807) is 31.4 Å². The summed E-state index contributed by atoms with van der Waals surface area (Å²) in [7, 11) is 1.61. The van der Waals surface area contributed by atoms with Gasteiger partial charge >= 0.3 is 5.97 Å². The summed E-state index contributed by atoms with van der Waals surface area (Å²) in [5, 5.41) is 9.10. The third kappa shape index (κ3) is 4.75. The molecule has 0 aliphatic rings. The topological polar surface area (TPSA) is 124 Å². The molecule has 0 bridgehead atoms. The van der Waals surface area contributed by atoms with Crippen LogP contribution in [0.25, 0.3) is 11.1 Å². The van der Waals surface area contributed by atoms with Gasteiger partial charge in [0, 0.05) is 11.5 Å². The van der Waals surface area contributed by atoms with Gasteiger partial charge < -0.3 is 21.3 Å². The molecule has 0 unspecified atom stereocenters. The number of methoxy groups -OCH3 is 1. The molecule has 0 amide bonds. The number of carboxylic acids is 1. The Labute approximate surface area is 181 Å². The fraction of sp³-hybridized carbons (Fsp3) is 0.208. The highest BCUT2D eigenvalue weighted by molar-refractivity contribution is 5.88. The van der Waals surface area contributed by atoms with Crippen LogP contribution in [0.3, 0.4) is 0 Å². The van der Waals surface area contributed by atoms with Crippen molar-refractivity contribution < 1.29 is 14.6 Å². The number of hydrogen-bond donors (Lipinski definition) is 3. The van der Waals surface area contributed by atoms with E-state index in [0.717, 1.165) is 16.7 Å². The Morgan fingerprint density at radius 1 is 1.13 bits per heavy atom. The van der Waals surface area contributed by atoms with Crippen LogP contribution in [0.1, 0.15) is 46.9 Å². The molecule has 0 fully saturated rings. The van der Waals surface area contributed by atoms with Gasteiger partial charge in [-0.15, -0.1) is 0 Å². The van der Waals surface area contributed by atoms with Crippen LogP contribution in [0.15, 0.2) is 42.5 Å². The van der Waals surface area contributed by atoms with Crippen molar-refractivity contribution in [2.24, 2.45) is 0 Å². The van der Waals surface area contributed by atoms with Gasteiger partial charge in [-0.3, -0.25) is 0 Å². The van der Waals surface area contributed by atoms with Gasteiger partial charge in [0.2, 0.25) is 5.95 Å². The Balaban J connectivity index is 1.98. The summed E-state index contributed by atoms with van der Waals surface area (Å²) >= 11 is 0. The van der Waals surface area contributed by atoms with E-state index in [4.69, 9.17) is 21.3 Å². The summed E-state index contributed by atoms with van der Waals surface area (Å²) in [6.45, 7) is 3.93. The second-order valence-corrected chi connectivity index (χ2v) is 6.97. The number of nitrogens with two attached hydrogens (primary N) is 2. The average molecular weight is 416 g/mol. The van der Waals surface area contributed by atoms with Crippen LogP contribution >= 0.6 is 0 Å². The largest absolute Gasteiger partial charge is 0.496 e. The van der Waals surface area contributed by atoms with E-state index in [2.05, 4.69) is 21.8 Å². The molecule has 0 aliphatic heterocycles. The molecule has 7 heteroatoms. The Hall–Kier alpha value is -4.05. The Morgan fingerprint density at radius 2 is 1.81 bits per heavy atom. The van der Waals surface area contributed by atoms with Crippen molar-refractivity contribution in [3.8, 4) is 28.7 Å². The molecule has 1 heterocycles. The Morgan fingerprint density at radius 3 is 2.42 bits per heavy atom. The number of aromatic nitrogens is 2. The van der Waals surface area contributed by atoms with Gasteiger partial charge in [0.05, 0.1) is 23.9 Å². The van der Waals surface area contributed by atoms with E-state index in [9.17, 15) is 4.79 Å². The predicted octanol–water partition coefficient (Wildman–Crippen LogP) is 3.73. The SMILES string of the molecule is CCc1nc(N)nc(N)c1C#C[C@@H](C)c1cc(-c2ccc(C(=O)O)cc2)ccc1OC. The van der Waals surface area contributed by atoms with Crippen LogP contribution in [-0.4, -0.2) is 28.2 Å². The van der Waals surface area contributed by atoms with Gasteiger partial charge in [-0.25, -0.2) is 9.78 Å². The summed E-state index contributed by atoms with van der Waals surface area (Å²) in [6.07, 6.45) is 0.639. The van der Waals surface area contributed by atoms with Crippen LogP contribution < -0.4 is 16.2 Å². The minimum atomic E-state index is -0.955. The van der Waals surface area contributed by atoms with Gasteiger partial charge in [0.15, 0.2) is 0 Å². The maximum atomic E-state index is 11.1. The number of aromatic carboxylic acids is 1. The number of nitrogens with zero attached hydrogens (tertiary/aromatic N) is 2. The smallest absolute Gasteiger partial charge is 0.335 e. The predicted molar refractivity (Wildman–Crippen MR) is 121 cm³/mol. The minimum Gasteiger partial charge on any atom is -0.496 e. The fourth-order valence-corrected chi connectivity index (χ4v) is 3.25. The molecule has 0 saturated heterocycles. The van der Waals surface area contributed by atoms with E-state index in [1.807, 2.05) is 32.0 Å². The summed E-state index contributed by atoms with van der Waals surface area (Å²) < 4.78 is 5.53. The van der Waals surface area contributed by atoms with Gasteiger partial charge in [0.1, 0.15) is 11.6 Å². The molecule has 158 valence electrons. The molecule has 2 aromatic carbocycles. The van der Waals surface area contributed by atoms with Crippen molar-refractivity contribution in [2.45, 2.75) is 26.2 Å². The highest BCUT2D eigenvalue weighted by Crippen LogP contribution is 2.32. The first-order chi connectivity index (χ1) is 14.8. The van der Waals surface area contributed by atoms with Crippen molar-refractivity contribution in [1.82, 2.24) is 9.97 Å². The maximum absolute atomic E-state index is 11.1. The lowest BCUT2D eigenvalue weighted by molar-refractivity contribution is 0.0697. The third-order valence-corrected chi connectivity index (χ3v) is 4.94. The molecular formula is C24H24N4O3.